The summed E-state index contributed by atoms with van der Waals surface area (Å²) in [6, 6.07) is 17.2. The van der Waals surface area contributed by atoms with Crippen molar-refractivity contribution in [2.45, 2.75) is 31.7 Å². The summed E-state index contributed by atoms with van der Waals surface area (Å²) >= 11 is 0. The Hall–Kier alpha value is -2.40. The number of hydrogen-bond acceptors (Lipinski definition) is 4. The molecule has 0 saturated heterocycles. The van der Waals surface area contributed by atoms with Gasteiger partial charge in [-0.05, 0) is 55.7 Å². The van der Waals surface area contributed by atoms with E-state index in [1.807, 2.05) is 42.8 Å². The molecule has 0 aliphatic rings. The first-order valence-electron chi connectivity index (χ1n) is 10.1. The second-order valence-corrected chi connectivity index (χ2v) is 9.50. The van der Waals surface area contributed by atoms with Crippen LogP contribution in [0, 0.1) is 13.8 Å². The predicted molar refractivity (Wildman–Crippen MR) is 140 cm³/mol. The molecule has 1 heterocycles. The van der Waals surface area contributed by atoms with Gasteiger partial charge in [-0.15, -0.1) is 24.0 Å². The maximum atomic E-state index is 11.6. The smallest absolute Gasteiger partial charge is 0.191 e. The van der Waals surface area contributed by atoms with Crippen LogP contribution in [0.15, 0.2) is 64.5 Å². The fourth-order valence-electron chi connectivity index (χ4n) is 3.37. The van der Waals surface area contributed by atoms with E-state index in [1.165, 1.54) is 6.26 Å². The molecule has 7 nitrogen and oxygen atoms in total. The Kier molecular flexibility index (Phi) is 9.26. The van der Waals surface area contributed by atoms with E-state index >= 15 is 0 Å². The highest BCUT2D eigenvalue weighted by atomic mass is 127. The van der Waals surface area contributed by atoms with Crippen molar-refractivity contribution in [3.63, 3.8) is 0 Å². The monoisotopic (exact) mass is 567 g/mol. The van der Waals surface area contributed by atoms with Crippen molar-refractivity contribution < 1.29 is 8.42 Å². The first-order valence-corrected chi connectivity index (χ1v) is 12.0. The van der Waals surface area contributed by atoms with Gasteiger partial charge in [-0.3, -0.25) is 4.99 Å². The van der Waals surface area contributed by atoms with Gasteiger partial charge < -0.3 is 10.6 Å². The Morgan fingerprint density at radius 2 is 1.75 bits per heavy atom. The van der Waals surface area contributed by atoms with Gasteiger partial charge >= 0.3 is 0 Å². The number of aryl methyl sites for hydroxylation is 2. The number of sulfone groups is 1. The molecule has 0 bridgehead atoms. The molecule has 3 rings (SSSR count). The summed E-state index contributed by atoms with van der Waals surface area (Å²) in [6.07, 6.45) is 1.97. The number of para-hydroxylation sites is 1. The molecule has 0 atom stereocenters. The van der Waals surface area contributed by atoms with Crippen molar-refractivity contribution in [1.82, 2.24) is 20.4 Å². The van der Waals surface area contributed by atoms with Gasteiger partial charge in [0, 0.05) is 32.1 Å². The Balaban J connectivity index is 0.00000363. The minimum absolute atomic E-state index is 0. The fraction of sp³-hybridized carbons (Fsp3) is 0.304. The van der Waals surface area contributed by atoms with E-state index in [-0.39, 0.29) is 24.0 Å². The minimum Gasteiger partial charge on any atom is -0.356 e. The van der Waals surface area contributed by atoms with Crippen LogP contribution in [0.3, 0.4) is 0 Å². The number of nitrogens with one attached hydrogen (secondary N) is 2. The van der Waals surface area contributed by atoms with E-state index in [0.29, 0.717) is 23.9 Å². The number of rotatable bonds is 7. The highest BCUT2D eigenvalue weighted by Crippen LogP contribution is 2.17. The van der Waals surface area contributed by atoms with E-state index < -0.39 is 9.84 Å². The summed E-state index contributed by atoms with van der Waals surface area (Å²) in [6.45, 7) is 5.33. The average molecular weight is 567 g/mol. The quantitative estimate of drug-likeness (QED) is 0.260. The molecule has 2 aromatic carbocycles. The Bertz CT molecular complexity index is 1170. The maximum Gasteiger partial charge on any atom is 0.191 e. The summed E-state index contributed by atoms with van der Waals surface area (Å²) in [4.78, 5) is 4.63. The molecule has 0 amide bonds. The SMILES string of the molecule is CN=C(NCCc1ccc(S(C)(=O)=O)cc1)NCc1ccccc1-n1nc(C)cc1C.I. The molecule has 0 spiro atoms. The minimum atomic E-state index is -3.17. The molecule has 0 aliphatic carbocycles. The first kappa shape index (κ1) is 25.9. The number of nitrogens with zero attached hydrogens (tertiary/aromatic N) is 3. The van der Waals surface area contributed by atoms with Crippen LogP contribution in [-0.2, 0) is 22.8 Å². The number of halogens is 1. The summed E-state index contributed by atoms with van der Waals surface area (Å²) in [7, 11) is -1.43. The molecule has 0 aliphatic heterocycles. The number of guanidine groups is 1. The highest BCUT2D eigenvalue weighted by molar-refractivity contribution is 14.0. The van der Waals surface area contributed by atoms with Gasteiger partial charge in [-0.1, -0.05) is 30.3 Å². The standard InChI is InChI=1S/C23H29N5O2S.HI/c1-17-15-18(2)28(27-17)22-8-6-5-7-20(22)16-26-23(24-3)25-14-13-19-9-11-21(12-10-19)31(4,29)30;/h5-12,15H,13-14,16H2,1-4H3,(H2,24,25,26);1H. The number of benzene rings is 2. The summed E-state index contributed by atoms with van der Waals surface area (Å²) < 4.78 is 25.1. The topological polar surface area (TPSA) is 88.4 Å². The third kappa shape index (κ3) is 6.80. The first-order chi connectivity index (χ1) is 14.8. The normalized spacial score (nSPS) is 11.7. The van der Waals surface area contributed by atoms with Crippen LogP contribution >= 0.6 is 24.0 Å². The zero-order valence-electron chi connectivity index (χ0n) is 18.8. The summed E-state index contributed by atoms with van der Waals surface area (Å²) in [5.41, 5.74) is 5.30. The third-order valence-electron chi connectivity index (χ3n) is 4.96. The van der Waals surface area contributed by atoms with Gasteiger partial charge in [0.25, 0.3) is 0 Å². The second-order valence-electron chi connectivity index (χ2n) is 7.49. The van der Waals surface area contributed by atoms with Gasteiger partial charge in [0.1, 0.15) is 0 Å². The molecule has 0 saturated carbocycles. The molecule has 32 heavy (non-hydrogen) atoms. The molecule has 0 unspecified atom stereocenters. The third-order valence-corrected chi connectivity index (χ3v) is 6.09. The molecule has 172 valence electrons. The van der Waals surface area contributed by atoms with E-state index in [9.17, 15) is 8.42 Å². The van der Waals surface area contributed by atoms with E-state index in [1.54, 1.807) is 19.2 Å². The van der Waals surface area contributed by atoms with Crippen molar-refractivity contribution >= 4 is 39.8 Å². The Morgan fingerprint density at radius 1 is 1.06 bits per heavy atom. The zero-order chi connectivity index (χ0) is 22.4. The summed E-state index contributed by atoms with van der Waals surface area (Å²) in [5.74, 6) is 0.705. The average Bonchev–Trinajstić information content (AvgIpc) is 3.08. The van der Waals surface area contributed by atoms with Crippen molar-refractivity contribution in [3.8, 4) is 5.69 Å². The van der Waals surface area contributed by atoms with Crippen LogP contribution in [0.1, 0.15) is 22.5 Å². The van der Waals surface area contributed by atoms with Gasteiger partial charge in [-0.2, -0.15) is 5.10 Å². The lowest BCUT2D eigenvalue weighted by Gasteiger charge is -2.15. The van der Waals surface area contributed by atoms with E-state index in [0.717, 1.165) is 34.6 Å². The number of aliphatic imine (C=N–C) groups is 1. The molecule has 0 radical (unpaired) electrons. The summed E-state index contributed by atoms with van der Waals surface area (Å²) in [5, 5.41) is 11.3. The number of aromatic nitrogens is 2. The van der Waals surface area contributed by atoms with Gasteiger partial charge in [0.05, 0.1) is 16.3 Å². The molecule has 2 N–H and O–H groups in total. The second kappa shape index (κ2) is 11.5. The maximum absolute atomic E-state index is 11.6. The van der Waals surface area contributed by atoms with E-state index in [2.05, 4.69) is 38.9 Å². The molecule has 9 heteroatoms. The molecule has 3 aromatic rings. The van der Waals surface area contributed by atoms with Crippen molar-refractivity contribution in [2.75, 3.05) is 19.8 Å². The zero-order valence-corrected chi connectivity index (χ0v) is 21.9. The van der Waals surface area contributed by atoms with Crippen LogP contribution in [-0.4, -0.2) is 44.0 Å². The van der Waals surface area contributed by atoms with Gasteiger partial charge in [-0.25, -0.2) is 13.1 Å². The lowest BCUT2D eigenvalue weighted by Crippen LogP contribution is -2.38. The van der Waals surface area contributed by atoms with Crippen LogP contribution in [0.25, 0.3) is 5.69 Å². The predicted octanol–water partition coefficient (Wildman–Crippen LogP) is 3.42. The Morgan fingerprint density at radius 3 is 2.34 bits per heavy atom. The fourth-order valence-corrected chi connectivity index (χ4v) is 4.00. The molecule has 0 fully saturated rings. The van der Waals surface area contributed by atoms with Gasteiger partial charge in [0.2, 0.25) is 0 Å². The lowest BCUT2D eigenvalue weighted by molar-refractivity contribution is 0.602. The van der Waals surface area contributed by atoms with Gasteiger partial charge in [0.15, 0.2) is 15.8 Å². The molecular formula is C23H30IN5O2S. The van der Waals surface area contributed by atoms with Crippen LogP contribution < -0.4 is 10.6 Å². The van der Waals surface area contributed by atoms with Crippen molar-refractivity contribution in [2.24, 2.45) is 4.99 Å². The number of hydrogen-bond donors (Lipinski definition) is 2. The van der Waals surface area contributed by atoms with E-state index in [4.69, 9.17) is 0 Å². The van der Waals surface area contributed by atoms with Crippen LogP contribution in [0.5, 0.6) is 0 Å². The largest absolute Gasteiger partial charge is 0.356 e. The Labute approximate surface area is 207 Å². The lowest BCUT2D eigenvalue weighted by atomic mass is 10.1. The van der Waals surface area contributed by atoms with Crippen molar-refractivity contribution in [3.05, 3.63) is 77.1 Å². The van der Waals surface area contributed by atoms with Crippen molar-refractivity contribution in [1.29, 1.82) is 0 Å². The molecular weight excluding hydrogens is 537 g/mol. The highest BCUT2D eigenvalue weighted by Gasteiger charge is 2.09. The molecule has 1 aromatic heterocycles. The van der Waals surface area contributed by atoms with Crippen LogP contribution in [0.2, 0.25) is 0 Å². The van der Waals surface area contributed by atoms with Crippen LogP contribution in [0.4, 0.5) is 0 Å².